The first-order valence-electron chi connectivity index (χ1n) is 23.6. The molecular weight excluding hydrogens is 823 g/mol. The number of nitrogens with zero attached hydrogens (tertiary/aromatic N) is 3. The molecule has 3 aliphatic carbocycles. The van der Waals surface area contributed by atoms with Gasteiger partial charge in [0, 0.05) is 32.8 Å². The van der Waals surface area contributed by atoms with Gasteiger partial charge in [-0.15, -0.1) is 0 Å². The molecule has 3 saturated carbocycles. The van der Waals surface area contributed by atoms with Crippen LogP contribution in [0.4, 0.5) is 14.4 Å². The van der Waals surface area contributed by atoms with Crippen molar-refractivity contribution in [2.24, 2.45) is 43.4 Å². The molecule has 3 aliphatic rings. The summed E-state index contributed by atoms with van der Waals surface area (Å²) < 4.78 is 32.2. The zero-order valence-corrected chi connectivity index (χ0v) is 41.2. The lowest BCUT2D eigenvalue weighted by Gasteiger charge is -2.48. The van der Waals surface area contributed by atoms with Gasteiger partial charge in [0.05, 0.1) is 66.0 Å². The Morgan fingerprint density at radius 3 is 1.83 bits per heavy atom. The minimum Gasteiger partial charge on any atom is -0.447 e. The van der Waals surface area contributed by atoms with Gasteiger partial charge >= 0.3 is 18.2 Å². The maximum absolute atomic E-state index is 14.7. The Kier molecular flexibility index (Phi) is 22.1. The Hall–Kier alpha value is -3.14. The molecule has 3 fully saturated rings. The summed E-state index contributed by atoms with van der Waals surface area (Å²) in [5.41, 5.74) is -1.33. The molecule has 368 valence electrons. The molecule has 16 heteroatoms. The quantitative estimate of drug-likeness (QED) is 0.0300. The highest BCUT2D eigenvalue weighted by Gasteiger charge is 2.46. The van der Waals surface area contributed by atoms with Gasteiger partial charge in [-0.1, -0.05) is 68.7 Å². The standard InChI is InChI=1S/C48H85N5O11/c1-43(2)13-11-14-46(7,30-43)33-50-40(56)53(35-48(9)27-38(29-49-36-54)26-44(3,4)32-48)42(58)52(37-55)34-47(8)15-12-39(28-45(5,6)31-47)51-41(57)64-25-24-63-23-22-62-21-20-61-19-18-60-17-16-59-10/h37-39H,11-35H2,1-10H3,(H,50,56)(H,51,57). The van der Waals surface area contributed by atoms with E-state index < -0.39 is 29.0 Å². The summed E-state index contributed by atoms with van der Waals surface area (Å²) in [5.74, 6) is 0.0881. The average Bonchev–Trinajstić information content (AvgIpc) is 3.30. The van der Waals surface area contributed by atoms with Crippen molar-refractivity contribution in [2.45, 2.75) is 139 Å². The molecule has 0 aromatic heterocycles. The maximum atomic E-state index is 14.7. The SMILES string of the molecule is COCCOCCOCCOCCOCCOC(=O)NC1CCC(C)(CN(C=O)C(=O)N(CC2(C)CC(CN=C=O)CC(C)(C)C2)C(=O)NCC2(C)CCCC(C)(C)C2)CC(C)(C)C1. The highest BCUT2D eigenvalue weighted by Crippen LogP contribution is 2.50. The molecule has 6 amide bonds. The molecule has 0 heterocycles. The summed E-state index contributed by atoms with van der Waals surface area (Å²) in [6, 6.07) is -1.33. The van der Waals surface area contributed by atoms with Crippen LogP contribution in [-0.4, -0.2) is 146 Å². The normalized spacial score (nSPS) is 27.3. The Morgan fingerprint density at radius 1 is 0.688 bits per heavy atom. The number of urea groups is 2. The highest BCUT2D eigenvalue weighted by atomic mass is 16.6. The number of alkyl carbamates (subject to hydrolysis) is 1. The first kappa shape index (κ1) is 55.2. The van der Waals surface area contributed by atoms with E-state index in [4.69, 9.17) is 28.4 Å². The van der Waals surface area contributed by atoms with E-state index >= 15 is 0 Å². The van der Waals surface area contributed by atoms with Gasteiger partial charge in [0.1, 0.15) is 6.61 Å². The van der Waals surface area contributed by atoms with Crippen molar-refractivity contribution in [3.8, 4) is 0 Å². The van der Waals surface area contributed by atoms with Crippen molar-refractivity contribution in [1.82, 2.24) is 20.4 Å². The highest BCUT2D eigenvalue weighted by molar-refractivity contribution is 5.97. The van der Waals surface area contributed by atoms with Crippen LogP contribution in [-0.2, 0) is 38.0 Å². The number of nitrogens with one attached hydrogen (secondary N) is 2. The van der Waals surface area contributed by atoms with Crippen molar-refractivity contribution in [3.63, 3.8) is 0 Å². The number of aliphatic imine (C=N–C) groups is 1. The lowest BCUT2D eigenvalue weighted by atomic mass is 9.60. The fourth-order valence-electron chi connectivity index (χ4n) is 11.6. The zero-order valence-electron chi connectivity index (χ0n) is 41.2. The first-order chi connectivity index (χ1) is 30.1. The molecule has 3 rings (SSSR count). The van der Waals surface area contributed by atoms with Crippen molar-refractivity contribution >= 4 is 30.6 Å². The lowest BCUT2D eigenvalue weighted by Crippen LogP contribution is -2.57. The number of imide groups is 2. The van der Waals surface area contributed by atoms with Gasteiger partial charge in [0.15, 0.2) is 0 Å². The fourth-order valence-corrected chi connectivity index (χ4v) is 11.6. The van der Waals surface area contributed by atoms with E-state index in [2.05, 4.69) is 77.9 Å². The van der Waals surface area contributed by atoms with Crippen LogP contribution in [0, 0.1) is 38.4 Å². The number of carbonyl (C=O) groups excluding carboxylic acids is 5. The van der Waals surface area contributed by atoms with E-state index in [1.165, 1.54) is 9.80 Å². The van der Waals surface area contributed by atoms with E-state index in [0.29, 0.717) is 104 Å². The molecular formula is C48H85N5O11. The summed E-state index contributed by atoms with van der Waals surface area (Å²) >= 11 is 0. The molecule has 0 bridgehead atoms. The minimum atomic E-state index is -0.645. The third-order valence-electron chi connectivity index (χ3n) is 13.2. The van der Waals surface area contributed by atoms with E-state index in [9.17, 15) is 24.0 Å². The van der Waals surface area contributed by atoms with Crippen molar-refractivity contribution < 1.29 is 52.4 Å². The summed E-state index contributed by atoms with van der Waals surface area (Å²) in [6.07, 6.45) is 10.7. The summed E-state index contributed by atoms with van der Waals surface area (Å²) in [5, 5.41) is 6.18. The van der Waals surface area contributed by atoms with Crippen LogP contribution in [0.3, 0.4) is 0 Å². The van der Waals surface area contributed by atoms with Crippen molar-refractivity contribution in [3.05, 3.63) is 0 Å². The largest absolute Gasteiger partial charge is 0.447 e. The molecule has 0 aliphatic heterocycles. The van der Waals surface area contributed by atoms with Crippen molar-refractivity contribution in [1.29, 1.82) is 0 Å². The number of rotatable bonds is 25. The molecule has 0 spiro atoms. The predicted molar refractivity (Wildman–Crippen MR) is 245 cm³/mol. The Balaban J connectivity index is 1.60. The number of hydrogen-bond donors (Lipinski definition) is 2. The number of amides is 6. The Labute approximate surface area is 384 Å². The lowest BCUT2D eigenvalue weighted by molar-refractivity contribution is -0.117. The fraction of sp³-hybridized carbons (Fsp3) is 0.896. The number of methoxy groups -OCH3 is 1. The average molecular weight is 908 g/mol. The van der Waals surface area contributed by atoms with Crippen molar-refractivity contribution in [2.75, 3.05) is 99.4 Å². The van der Waals surface area contributed by atoms with E-state index in [1.807, 2.05) is 0 Å². The van der Waals surface area contributed by atoms with Gasteiger partial charge in [0.2, 0.25) is 12.5 Å². The van der Waals surface area contributed by atoms with Crippen LogP contribution in [0.15, 0.2) is 4.99 Å². The van der Waals surface area contributed by atoms with Crippen LogP contribution in [0.5, 0.6) is 0 Å². The van der Waals surface area contributed by atoms with Crippen LogP contribution in [0.1, 0.15) is 133 Å². The monoisotopic (exact) mass is 908 g/mol. The summed E-state index contributed by atoms with van der Waals surface area (Å²) in [7, 11) is 1.63. The third kappa shape index (κ3) is 20.2. The molecule has 0 saturated heterocycles. The van der Waals surface area contributed by atoms with Crippen LogP contribution < -0.4 is 10.6 Å². The number of ether oxygens (including phenoxy) is 6. The van der Waals surface area contributed by atoms with E-state index in [-0.39, 0.29) is 59.9 Å². The number of carbonyl (C=O) groups is 4. The molecule has 2 N–H and O–H groups in total. The van der Waals surface area contributed by atoms with Gasteiger partial charge in [-0.3, -0.25) is 9.69 Å². The second kappa shape index (κ2) is 25.7. The first-order valence-corrected chi connectivity index (χ1v) is 23.6. The molecule has 5 atom stereocenters. The third-order valence-corrected chi connectivity index (χ3v) is 13.2. The van der Waals surface area contributed by atoms with Gasteiger partial charge < -0.3 is 39.1 Å². The van der Waals surface area contributed by atoms with Gasteiger partial charge in [-0.2, -0.15) is 0 Å². The molecule has 16 nitrogen and oxygen atoms in total. The Morgan fingerprint density at radius 2 is 1.25 bits per heavy atom. The Bertz CT molecular complexity index is 1520. The molecule has 64 heavy (non-hydrogen) atoms. The predicted octanol–water partition coefficient (Wildman–Crippen LogP) is 7.77. The van der Waals surface area contributed by atoms with Gasteiger partial charge in [-0.25, -0.2) is 29.1 Å². The molecule has 0 aromatic carbocycles. The smallest absolute Gasteiger partial charge is 0.407 e. The number of hydrogen-bond acceptors (Lipinski definition) is 12. The molecule has 0 aromatic rings. The minimum absolute atomic E-state index is 0.0881. The summed E-state index contributed by atoms with van der Waals surface area (Å²) in [6.45, 7) is 24.6. The van der Waals surface area contributed by atoms with Gasteiger partial charge in [-0.05, 0) is 103 Å². The molecule has 5 unspecified atom stereocenters. The van der Waals surface area contributed by atoms with E-state index in [0.717, 1.165) is 38.5 Å². The zero-order chi connectivity index (χ0) is 47.5. The second-order valence-corrected chi connectivity index (χ2v) is 22.4. The maximum Gasteiger partial charge on any atom is 0.407 e. The topological polar surface area (TPSA) is 184 Å². The summed E-state index contributed by atoms with van der Waals surface area (Å²) in [4.78, 5) is 72.4. The second-order valence-electron chi connectivity index (χ2n) is 22.4. The molecule has 0 radical (unpaired) electrons. The van der Waals surface area contributed by atoms with Crippen LogP contribution in [0.25, 0.3) is 0 Å². The van der Waals surface area contributed by atoms with Crippen LogP contribution in [0.2, 0.25) is 0 Å². The van der Waals surface area contributed by atoms with Gasteiger partial charge in [0.25, 0.3) is 0 Å². The number of isocyanates is 1. The van der Waals surface area contributed by atoms with E-state index in [1.54, 1.807) is 13.2 Å². The van der Waals surface area contributed by atoms with Crippen LogP contribution >= 0.6 is 0 Å².